The van der Waals surface area contributed by atoms with E-state index in [9.17, 15) is 4.79 Å². The summed E-state index contributed by atoms with van der Waals surface area (Å²) < 4.78 is 10.7. The first-order chi connectivity index (χ1) is 12.7. The Morgan fingerprint density at radius 2 is 1.54 bits per heavy atom. The number of hydrogen-bond acceptors (Lipinski definition) is 4. The normalized spacial score (nSPS) is 10.5. The number of carbonyl (C=O) groups excluding carboxylic acids is 1. The molecule has 0 spiro atoms. The van der Waals surface area contributed by atoms with Crippen LogP contribution in [0.1, 0.15) is 11.5 Å². The number of nitrogens with zero attached hydrogens (tertiary/aromatic N) is 2. The standard InChI is InChI=1S/C20H23N3O3/c1-22(17-7-3-2-4-8-17)12-11-21-20(24)23(15-18-9-5-13-25-18)16-19-10-6-14-26-19/h2-10,13-14H,11-12,15-16H2,1H3,(H,21,24). The number of benzene rings is 1. The summed E-state index contributed by atoms with van der Waals surface area (Å²) in [5.41, 5.74) is 1.12. The van der Waals surface area contributed by atoms with Gasteiger partial charge in [-0.1, -0.05) is 18.2 Å². The topological polar surface area (TPSA) is 61.9 Å². The lowest BCUT2D eigenvalue weighted by Gasteiger charge is -2.23. The van der Waals surface area contributed by atoms with E-state index in [-0.39, 0.29) is 6.03 Å². The number of para-hydroxylation sites is 1. The molecule has 3 aromatic rings. The van der Waals surface area contributed by atoms with Gasteiger partial charge in [0.1, 0.15) is 11.5 Å². The number of carbonyl (C=O) groups is 1. The number of furan rings is 2. The smallest absolute Gasteiger partial charge is 0.318 e. The Hall–Kier alpha value is -3.15. The third-order valence-electron chi connectivity index (χ3n) is 4.06. The molecule has 0 aliphatic heterocycles. The molecule has 1 N–H and O–H groups in total. The van der Waals surface area contributed by atoms with Crippen molar-refractivity contribution in [3.8, 4) is 0 Å². The average molecular weight is 353 g/mol. The van der Waals surface area contributed by atoms with Crippen molar-refractivity contribution in [2.24, 2.45) is 0 Å². The first kappa shape index (κ1) is 17.7. The zero-order chi connectivity index (χ0) is 18.2. The van der Waals surface area contributed by atoms with Gasteiger partial charge in [0.2, 0.25) is 0 Å². The lowest BCUT2D eigenvalue weighted by atomic mass is 10.3. The summed E-state index contributed by atoms with van der Waals surface area (Å²) in [6.45, 7) is 2.02. The van der Waals surface area contributed by atoms with Crippen LogP contribution in [-0.2, 0) is 13.1 Å². The van der Waals surface area contributed by atoms with Crippen LogP contribution in [0.4, 0.5) is 10.5 Å². The SMILES string of the molecule is CN(CCNC(=O)N(Cc1ccco1)Cc1ccco1)c1ccccc1. The Balaban J connectivity index is 1.54. The van der Waals surface area contributed by atoms with Crippen molar-refractivity contribution in [3.63, 3.8) is 0 Å². The van der Waals surface area contributed by atoms with Crippen molar-refractivity contribution in [3.05, 3.63) is 78.6 Å². The molecule has 6 nitrogen and oxygen atoms in total. The fourth-order valence-corrected chi connectivity index (χ4v) is 2.63. The molecule has 0 radical (unpaired) electrons. The number of urea groups is 1. The first-order valence-corrected chi connectivity index (χ1v) is 8.56. The van der Waals surface area contributed by atoms with Gasteiger partial charge in [-0.25, -0.2) is 4.79 Å². The third-order valence-corrected chi connectivity index (χ3v) is 4.06. The highest BCUT2D eigenvalue weighted by molar-refractivity contribution is 5.74. The third kappa shape index (κ3) is 4.92. The second-order valence-corrected chi connectivity index (χ2v) is 6.00. The van der Waals surface area contributed by atoms with E-state index in [2.05, 4.69) is 10.2 Å². The highest BCUT2D eigenvalue weighted by Crippen LogP contribution is 2.12. The summed E-state index contributed by atoms with van der Waals surface area (Å²) in [7, 11) is 2.00. The maximum atomic E-state index is 12.6. The maximum Gasteiger partial charge on any atom is 0.318 e. The van der Waals surface area contributed by atoms with Crippen molar-refractivity contribution < 1.29 is 13.6 Å². The minimum Gasteiger partial charge on any atom is -0.467 e. The van der Waals surface area contributed by atoms with Gasteiger partial charge < -0.3 is 24.0 Å². The van der Waals surface area contributed by atoms with E-state index in [1.807, 2.05) is 61.6 Å². The van der Waals surface area contributed by atoms with E-state index < -0.39 is 0 Å². The van der Waals surface area contributed by atoms with Gasteiger partial charge >= 0.3 is 6.03 Å². The lowest BCUT2D eigenvalue weighted by Crippen LogP contribution is -2.42. The van der Waals surface area contributed by atoms with Crippen molar-refractivity contribution in [1.29, 1.82) is 0 Å². The van der Waals surface area contributed by atoms with Crippen LogP contribution >= 0.6 is 0 Å². The average Bonchev–Trinajstić information content (AvgIpc) is 3.36. The molecule has 136 valence electrons. The number of anilines is 1. The molecule has 2 amide bonds. The monoisotopic (exact) mass is 353 g/mol. The van der Waals surface area contributed by atoms with Gasteiger partial charge in [0.15, 0.2) is 0 Å². The fourth-order valence-electron chi connectivity index (χ4n) is 2.63. The van der Waals surface area contributed by atoms with Gasteiger partial charge in [0, 0.05) is 25.8 Å². The maximum absolute atomic E-state index is 12.6. The Morgan fingerprint density at radius 3 is 2.08 bits per heavy atom. The number of rotatable bonds is 8. The van der Waals surface area contributed by atoms with Gasteiger partial charge in [-0.3, -0.25) is 0 Å². The van der Waals surface area contributed by atoms with E-state index in [1.165, 1.54) is 0 Å². The lowest BCUT2D eigenvalue weighted by molar-refractivity contribution is 0.182. The van der Waals surface area contributed by atoms with Crippen LogP contribution in [0.15, 0.2) is 76.0 Å². The quantitative estimate of drug-likeness (QED) is 0.670. The Morgan fingerprint density at radius 1 is 0.923 bits per heavy atom. The summed E-state index contributed by atoms with van der Waals surface area (Å²) in [6.07, 6.45) is 3.21. The van der Waals surface area contributed by atoms with Crippen LogP contribution in [0.5, 0.6) is 0 Å². The van der Waals surface area contributed by atoms with E-state index in [4.69, 9.17) is 8.83 Å². The van der Waals surface area contributed by atoms with Gasteiger partial charge in [0.05, 0.1) is 25.6 Å². The molecule has 1 aromatic carbocycles. The van der Waals surface area contributed by atoms with Crippen molar-refractivity contribution in [2.45, 2.75) is 13.1 Å². The summed E-state index contributed by atoms with van der Waals surface area (Å²) >= 11 is 0. The molecular formula is C20H23N3O3. The molecule has 6 heteroatoms. The fraction of sp³-hybridized carbons (Fsp3) is 0.250. The molecule has 0 aliphatic rings. The predicted molar refractivity (Wildman–Crippen MR) is 99.8 cm³/mol. The molecule has 3 rings (SSSR count). The van der Waals surface area contributed by atoms with Gasteiger partial charge in [-0.2, -0.15) is 0 Å². The van der Waals surface area contributed by atoms with E-state index in [1.54, 1.807) is 17.4 Å². The summed E-state index contributed by atoms with van der Waals surface area (Å²) in [4.78, 5) is 16.4. The minimum atomic E-state index is -0.153. The Bertz CT molecular complexity index is 734. The second kappa shape index (κ2) is 8.80. The largest absolute Gasteiger partial charge is 0.467 e. The predicted octanol–water partition coefficient (Wildman–Crippen LogP) is 3.72. The van der Waals surface area contributed by atoms with Gasteiger partial charge in [-0.05, 0) is 36.4 Å². The highest BCUT2D eigenvalue weighted by atomic mass is 16.3. The number of hydrogen-bond donors (Lipinski definition) is 1. The van der Waals surface area contributed by atoms with Gasteiger partial charge in [0.25, 0.3) is 0 Å². The Kier molecular flexibility index (Phi) is 5.98. The van der Waals surface area contributed by atoms with Crippen molar-refractivity contribution >= 4 is 11.7 Å². The summed E-state index contributed by atoms with van der Waals surface area (Å²) in [6, 6.07) is 17.2. The summed E-state index contributed by atoms with van der Waals surface area (Å²) in [5.74, 6) is 1.46. The van der Waals surface area contributed by atoms with E-state index >= 15 is 0 Å². The number of nitrogens with one attached hydrogen (secondary N) is 1. The molecule has 0 saturated carbocycles. The van der Waals surface area contributed by atoms with Crippen LogP contribution in [0.2, 0.25) is 0 Å². The molecule has 26 heavy (non-hydrogen) atoms. The van der Waals surface area contributed by atoms with Crippen LogP contribution in [-0.4, -0.2) is 31.1 Å². The van der Waals surface area contributed by atoms with Gasteiger partial charge in [-0.15, -0.1) is 0 Å². The van der Waals surface area contributed by atoms with E-state index in [0.29, 0.717) is 26.2 Å². The first-order valence-electron chi connectivity index (χ1n) is 8.56. The molecular weight excluding hydrogens is 330 g/mol. The Labute approximate surface area is 153 Å². The minimum absolute atomic E-state index is 0.153. The zero-order valence-electron chi connectivity index (χ0n) is 14.8. The molecule has 0 aliphatic carbocycles. The summed E-state index contributed by atoms with van der Waals surface area (Å²) in [5, 5.41) is 2.97. The second-order valence-electron chi connectivity index (χ2n) is 6.00. The van der Waals surface area contributed by atoms with Crippen molar-refractivity contribution in [1.82, 2.24) is 10.2 Å². The molecule has 0 fully saturated rings. The molecule has 0 bridgehead atoms. The number of likely N-dealkylation sites (N-methyl/N-ethyl adjacent to an activating group) is 1. The molecule has 2 heterocycles. The molecule has 0 saturated heterocycles. The van der Waals surface area contributed by atoms with Crippen LogP contribution in [0, 0.1) is 0 Å². The van der Waals surface area contributed by atoms with E-state index in [0.717, 1.165) is 17.2 Å². The molecule has 0 atom stereocenters. The molecule has 0 unspecified atom stereocenters. The van der Waals surface area contributed by atoms with Crippen LogP contribution in [0.25, 0.3) is 0 Å². The molecule has 2 aromatic heterocycles. The van der Waals surface area contributed by atoms with Crippen molar-refractivity contribution in [2.75, 3.05) is 25.0 Å². The zero-order valence-corrected chi connectivity index (χ0v) is 14.8. The highest BCUT2D eigenvalue weighted by Gasteiger charge is 2.17. The van der Waals surface area contributed by atoms with Crippen LogP contribution < -0.4 is 10.2 Å². The van der Waals surface area contributed by atoms with Crippen LogP contribution in [0.3, 0.4) is 0 Å². The number of amides is 2.